The van der Waals surface area contributed by atoms with Crippen LogP contribution in [0.25, 0.3) is 0 Å². The third-order valence-electron chi connectivity index (χ3n) is 9.30. The molecule has 0 aromatic heterocycles. The van der Waals surface area contributed by atoms with Gasteiger partial charge in [0.15, 0.2) is 0 Å². The van der Waals surface area contributed by atoms with Crippen LogP contribution in [0.15, 0.2) is 78.9 Å². The van der Waals surface area contributed by atoms with Gasteiger partial charge in [0.25, 0.3) is 5.91 Å². The smallest absolute Gasteiger partial charge is 0.253 e. The van der Waals surface area contributed by atoms with Crippen molar-refractivity contribution in [3.8, 4) is 5.75 Å². The normalized spacial score (nSPS) is 29.8. The number of nitrogens with zero attached hydrogens (tertiary/aromatic N) is 3. The average Bonchev–Trinajstić information content (AvgIpc) is 3.28. The molecule has 0 radical (unpaired) electrons. The molecule has 1 N–H and O–H groups in total. The fourth-order valence-electron chi connectivity index (χ4n) is 7.32. The van der Waals surface area contributed by atoms with Crippen molar-refractivity contribution in [1.29, 1.82) is 0 Å². The first-order chi connectivity index (χ1) is 20.8. The van der Waals surface area contributed by atoms with Crippen LogP contribution >= 0.6 is 0 Å². The Bertz CT molecular complexity index is 1430. The van der Waals surface area contributed by atoms with E-state index in [1.807, 2.05) is 73.7 Å². The molecule has 0 aliphatic carbocycles. The summed E-state index contributed by atoms with van der Waals surface area (Å²) in [4.78, 5) is 48.5. The lowest BCUT2D eigenvalue weighted by Gasteiger charge is -2.37. The number of rotatable bonds is 9. The van der Waals surface area contributed by atoms with Gasteiger partial charge in [0.1, 0.15) is 17.4 Å². The second-order valence-corrected chi connectivity index (χ2v) is 12.0. The van der Waals surface area contributed by atoms with Crippen LogP contribution in [-0.2, 0) is 25.7 Å². The summed E-state index contributed by atoms with van der Waals surface area (Å²) in [6, 6.07) is 16.1. The summed E-state index contributed by atoms with van der Waals surface area (Å²) >= 11 is 0. The van der Waals surface area contributed by atoms with E-state index in [9.17, 15) is 19.5 Å². The summed E-state index contributed by atoms with van der Waals surface area (Å²) in [5.41, 5.74) is -0.680. The summed E-state index contributed by atoms with van der Waals surface area (Å²) in [6.07, 6.45) is 9.57. The average molecular weight is 586 g/mol. The first-order valence-electron chi connectivity index (χ1n) is 15.1. The number of carbonyl (C=O) groups excluding carboxylic acids is 3. The van der Waals surface area contributed by atoms with Gasteiger partial charge < -0.3 is 29.3 Å². The highest BCUT2D eigenvalue weighted by Crippen LogP contribution is 2.57. The molecule has 1 spiro atoms. The number of benzene rings is 2. The van der Waals surface area contributed by atoms with E-state index < -0.39 is 29.1 Å². The molecule has 6 rings (SSSR count). The molecule has 1 unspecified atom stereocenters. The SMILES string of the molecule is COc1ccc(N2CC=C[C@]34O[C@]5(C)C=CCN(Cc6ccccc6)C(=O)[C@@H]5[C@H]3C(=O)N(CCCCCO)C4C2=O)cc1. The topological polar surface area (TPSA) is 99.6 Å². The fourth-order valence-corrected chi connectivity index (χ4v) is 7.32. The van der Waals surface area contributed by atoms with Crippen molar-refractivity contribution in [2.45, 2.75) is 50.0 Å². The quantitative estimate of drug-likeness (QED) is 0.358. The van der Waals surface area contributed by atoms with Gasteiger partial charge in [-0.05, 0) is 56.0 Å². The summed E-state index contributed by atoms with van der Waals surface area (Å²) in [5, 5.41) is 9.32. The number of carbonyl (C=O) groups is 3. The van der Waals surface area contributed by atoms with Gasteiger partial charge in [-0.3, -0.25) is 14.4 Å². The summed E-state index contributed by atoms with van der Waals surface area (Å²) in [6.45, 7) is 3.40. The number of aliphatic hydroxyl groups excluding tert-OH is 1. The molecular weight excluding hydrogens is 546 g/mol. The number of unbranched alkanes of at least 4 members (excludes halogenated alkanes) is 2. The first kappa shape index (κ1) is 29.1. The minimum atomic E-state index is -1.30. The minimum absolute atomic E-state index is 0.0679. The minimum Gasteiger partial charge on any atom is -0.497 e. The zero-order chi connectivity index (χ0) is 30.2. The molecule has 4 heterocycles. The monoisotopic (exact) mass is 585 g/mol. The van der Waals surface area contributed by atoms with Crippen LogP contribution in [0.3, 0.4) is 0 Å². The van der Waals surface area contributed by atoms with Gasteiger partial charge in [0.2, 0.25) is 11.8 Å². The van der Waals surface area contributed by atoms with Gasteiger partial charge in [-0.15, -0.1) is 0 Å². The predicted octanol–water partition coefficient (Wildman–Crippen LogP) is 3.33. The molecule has 9 nitrogen and oxygen atoms in total. The molecule has 3 amide bonds. The number of aliphatic hydroxyl groups is 1. The van der Waals surface area contributed by atoms with E-state index in [4.69, 9.17) is 9.47 Å². The lowest BCUT2D eigenvalue weighted by atomic mass is 9.74. The lowest BCUT2D eigenvalue weighted by molar-refractivity contribution is -0.148. The molecule has 0 bridgehead atoms. The van der Waals surface area contributed by atoms with Crippen molar-refractivity contribution >= 4 is 23.4 Å². The second kappa shape index (κ2) is 11.6. The van der Waals surface area contributed by atoms with Crippen LogP contribution in [0.1, 0.15) is 31.7 Å². The van der Waals surface area contributed by atoms with Crippen LogP contribution in [-0.4, -0.2) is 83.2 Å². The Hall–Kier alpha value is -3.95. The number of fused-ring (bicyclic) bond motifs is 2. The maximum absolute atomic E-state index is 14.6. The van der Waals surface area contributed by atoms with E-state index in [-0.39, 0.29) is 24.3 Å². The zero-order valence-electron chi connectivity index (χ0n) is 24.7. The number of hydrogen-bond donors (Lipinski definition) is 1. The van der Waals surface area contributed by atoms with Crippen molar-refractivity contribution in [2.75, 3.05) is 38.3 Å². The van der Waals surface area contributed by atoms with Crippen molar-refractivity contribution in [1.82, 2.24) is 9.80 Å². The number of hydrogen-bond acceptors (Lipinski definition) is 6. The number of amides is 3. The summed E-state index contributed by atoms with van der Waals surface area (Å²) in [7, 11) is 1.59. The van der Waals surface area contributed by atoms with Crippen LogP contribution in [0, 0.1) is 11.8 Å². The molecule has 2 aromatic carbocycles. The third kappa shape index (κ3) is 4.94. The van der Waals surface area contributed by atoms with Gasteiger partial charge in [-0.25, -0.2) is 0 Å². The van der Waals surface area contributed by atoms with Crippen LogP contribution < -0.4 is 9.64 Å². The number of methoxy groups -OCH3 is 1. The van der Waals surface area contributed by atoms with E-state index in [0.717, 1.165) is 5.56 Å². The van der Waals surface area contributed by atoms with Crippen LogP contribution in [0.4, 0.5) is 5.69 Å². The molecular formula is C34H39N3O6. The van der Waals surface area contributed by atoms with Crippen molar-refractivity contribution in [3.63, 3.8) is 0 Å². The molecule has 2 aromatic rings. The zero-order valence-corrected chi connectivity index (χ0v) is 24.7. The van der Waals surface area contributed by atoms with Crippen LogP contribution in [0.5, 0.6) is 5.75 Å². The maximum atomic E-state index is 14.6. The molecule has 4 aliphatic heterocycles. The Morgan fingerprint density at radius 1 is 0.884 bits per heavy atom. The summed E-state index contributed by atoms with van der Waals surface area (Å²) < 4.78 is 12.2. The highest BCUT2D eigenvalue weighted by molar-refractivity contribution is 6.06. The van der Waals surface area contributed by atoms with E-state index in [0.29, 0.717) is 56.9 Å². The van der Waals surface area contributed by atoms with Gasteiger partial charge in [-0.1, -0.05) is 54.6 Å². The van der Waals surface area contributed by atoms with Gasteiger partial charge in [-0.2, -0.15) is 0 Å². The third-order valence-corrected chi connectivity index (χ3v) is 9.30. The molecule has 226 valence electrons. The van der Waals surface area contributed by atoms with Crippen molar-refractivity contribution in [2.24, 2.45) is 11.8 Å². The largest absolute Gasteiger partial charge is 0.497 e. The molecule has 9 heteroatoms. The highest BCUT2D eigenvalue weighted by atomic mass is 16.5. The molecule has 0 saturated carbocycles. The number of likely N-dealkylation sites (tertiary alicyclic amines) is 1. The summed E-state index contributed by atoms with van der Waals surface area (Å²) in [5.74, 6) is -1.60. The first-order valence-corrected chi connectivity index (χ1v) is 15.1. The van der Waals surface area contributed by atoms with Crippen molar-refractivity contribution < 1.29 is 29.0 Å². The van der Waals surface area contributed by atoms with Gasteiger partial charge in [0.05, 0.1) is 24.5 Å². The Morgan fingerprint density at radius 2 is 1.63 bits per heavy atom. The fraction of sp³-hybridized carbons (Fsp3) is 0.441. The molecule has 2 saturated heterocycles. The lowest BCUT2D eigenvalue weighted by Crippen LogP contribution is -2.56. The van der Waals surface area contributed by atoms with Gasteiger partial charge >= 0.3 is 0 Å². The van der Waals surface area contributed by atoms with E-state index in [1.54, 1.807) is 33.9 Å². The number of ether oxygens (including phenoxy) is 2. The Kier molecular flexibility index (Phi) is 7.87. The highest BCUT2D eigenvalue weighted by Gasteiger charge is 2.74. The predicted molar refractivity (Wildman–Crippen MR) is 161 cm³/mol. The number of anilines is 1. The Morgan fingerprint density at radius 3 is 2.35 bits per heavy atom. The van der Waals surface area contributed by atoms with E-state index in [1.165, 1.54) is 0 Å². The van der Waals surface area contributed by atoms with Crippen molar-refractivity contribution in [3.05, 3.63) is 84.5 Å². The molecule has 43 heavy (non-hydrogen) atoms. The molecule has 5 atom stereocenters. The Balaban J connectivity index is 1.39. The second-order valence-electron chi connectivity index (χ2n) is 12.0. The van der Waals surface area contributed by atoms with Gasteiger partial charge in [0, 0.05) is 38.5 Å². The maximum Gasteiger partial charge on any atom is 0.253 e. The van der Waals surface area contributed by atoms with Crippen LogP contribution in [0.2, 0.25) is 0 Å². The Labute approximate surface area is 252 Å². The van der Waals surface area contributed by atoms with E-state index in [2.05, 4.69) is 0 Å². The standard InChI is InChI=1S/C34H39N3O6/c1-33-17-9-19-35(23-24-11-5-3-6-12-24)30(39)27(33)28-31(40)37(20-7-4-8-22-38)29-32(41)36(21-10-18-34(28,29)43-33)25-13-15-26(42-2)16-14-25/h3,5-6,9-18,27-29,38H,4,7-8,19-23H2,1-2H3/t27-,28-,29?,33+,34-/m0/s1. The molecule has 2 fully saturated rings. The van der Waals surface area contributed by atoms with E-state index >= 15 is 0 Å². The molecule has 4 aliphatic rings.